The number of fused-ring (bicyclic) bond motifs is 1. The molecule has 2 aliphatic carbocycles. The van der Waals surface area contributed by atoms with Crippen LogP contribution in [0.25, 0.3) is 0 Å². The molecule has 0 aromatic rings. The van der Waals surface area contributed by atoms with E-state index in [4.69, 9.17) is 5.11 Å². The SMILES string of the molecule is C/C(=C\CO)CC[C@H]1[C@@]2(C)C[C@H](O)CC(C)(C)[C@H]2CC[C@]1(C)O. The van der Waals surface area contributed by atoms with E-state index in [0.717, 1.165) is 38.5 Å². The summed E-state index contributed by atoms with van der Waals surface area (Å²) >= 11 is 0. The molecule has 0 heterocycles. The molecule has 0 radical (unpaired) electrons. The Hall–Kier alpha value is -0.380. The molecule has 0 unspecified atom stereocenters. The molecule has 0 bridgehead atoms. The molecule has 3 heteroatoms. The molecule has 2 aliphatic rings. The van der Waals surface area contributed by atoms with Crippen LogP contribution >= 0.6 is 0 Å². The molecule has 0 aliphatic heterocycles. The minimum atomic E-state index is -0.669. The summed E-state index contributed by atoms with van der Waals surface area (Å²) in [6.45, 7) is 11.0. The van der Waals surface area contributed by atoms with Gasteiger partial charge < -0.3 is 15.3 Å². The number of allylic oxidation sites excluding steroid dienone is 1. The molecule has 0 saturated heterocycles. The van der Waals surface area contributed by atoms with Gasteiger partial charge in [-0.2, -0.15) is 0 Å². The summed E-state index contributed by atoms with van der Waals surface area (Å²) < 4.78 is 0. The Morgan fingerprint density at radius 3 is 2.43 bits per heavy atom. The average Bonchev–Trinajstić information content (AvgIpc) is 2.34. The fraction of sp³-hybridized carbons (Fsp3) is 0.900. The van der Waals surface area contributed by atoms with Crippen LogP contribution in [0.2, 0.25) is 0 Å². The second-order valence-electron chi connectivity index (χ2n) is 9.33. The van der Waals surface area contributed by atoms with Crippen LogP contribution in [-0.2, 0) is 0 Å². The molecule has 0 spiro atoms. The lowest BCUT2D eigenvalue weighted by Gasteiger charge is -2.62. The van der Waals surface area contributed by atoms with Crippen LogP contribution < -0.4 is 0 Å². The van der Waals surface area contributed by atoms with Gasteiger partial charge in [0, 0.05) is 0 Å². The number of aliphatic hydroxyl groups is 3. The van der Waals surface area contributed by atoms with Crippen molar-refractivity contribution in [1.29, 1.82) is 0 Å². The third kappa shape index (κ3) is 3.67. The summed E-state index contributed by atoms with van der Waals surface area (Å²) in [5, 5.41) is 30.6. The van der Waals surface area contributed by atoms with Crippen molar-refractivity contribution in [3.63, 3.8) is 0 Å². The van der Waals surface area contributed by atoms with Crippen LogP contribution in [0.1, 0.15) is 73.1 Å². The van der Waals surface area contributed by atoms with E-state index in [-0.39, 0.29) is 29.5 Å². The lowest BCUT2D eigenvalue weighted by atomic mass is 9.44. The van der Waals surface area contributed by atoms with Crippen LogP contribution in [0.3, 0.4) is 0 Å². The zero-order valence-corrected chi connectivity index (χ0v) is 15.6. The Morgan fingerprint density at radius 1 is 1.17 bits per heavy atom. The minimum absolute atomic E-state index is 0.0254. The topological polar surface area (TPSA) is 60.7 Å². The van der Waals surface area contributed by atoms with Crippen LogP contribution in [0.5, 0.6) is 0 Å². The molecule has 3 nitrogen and oxygen atoms in total. The summed E-state index contributed by atoms with van der Waals surface area (Å²) in [4.78, 5) is 0. The van der Waals surface area contributed by atoms with Crippen molar-refractivity contribution in [2.24, 2.45) is 22.7 Å². The van der Waals surface area contributed by atoms with Gasteiger partial charge in [-0.05, 0) is 75.0 Å². The number of aliphatic hydroxyl groups excluding tert-OH is 2. The lowest BCUT2D eigenvalue weighted by Crippen LogP contribution is -2.59. The first-order valence-corrected chi connectivity index (χ1v) is 9.20. The van der Waals surface area contributed by atoms with Gasteiger partial charge in [-0.25, -0.2) is 0 Å². The van der Waals surface area contributed by atoms with Gasteiger partial charge in [0.05, 0.1) is 18.3 Å². The number of hydrogen-bond donors (Lipinski definition) is 3. The number of rotatable bonds is 4. The first-order chi connectivity index (χ1) is 10.5. The van der Waals surface area contributed by atoms with E-state index in [1.165, 1.54) is 5.57 Å². The highest BCUT2D eigenvalue weighted by molar-refractivity contribution is 5.10. The van der Waals surface area contributed by atoms with Crippen molar-refractivity contribution < 1.29 is 15.3 Å². The summed E-state index contributed by atoms with van der Waals surface area (Å²) in [6.07, 6.45) is 6.97. The molecule has 2 rings (SSSR count). The maximum Gasteiger partial charge on any atom is 0.0653 e. The van der Waals surface area contributed by atoms with Crippen LogP contribution in [-0.4, -0.2) is 33.6 Å². The van der Waals surface area contributed by atoms with Gasteiger partial charge in [0.25, 0.3) is 0 Å². The Morgan fingerprint density at radius 2 is 1.83 bits per heavy atom. The smallest absolute Gasteiger partial charge is 0.0653 e. The predicted octanol–water partition coefficient (Wildman–Crippen LogP) is 3.67. The fourth-order valence-corrected chi connectivity index (χ4v) is 6.06. The van der Waals surface area contributed by atoms with E-state index in [0.29, 0.717) is 5.92 Å². The molecule has 0 aromatic heterocycles. The van der Waals surface area contributed by atoms with E-state index in [9.17, 15) is 10.2 Å². The third-order valence-corrected chi connectivity index (χ3v) is 6.93. The molecule has 0 amide bonds. The van der Waals surface area contributed by atoms with Crippen LogP contribution in [0, 0.1) is 22.7 Å². The summed E-state index contributed by atoms with van der Waals surface area (Å²) in [5.41, 5.74) is 0.613. The molecule has 2 saturated carbocycles. The van der Waals surface area contributed by atoms with Gasteiger partial charge in [-0.3, -0.25) is 0 Å². The van der Waals surface area contributed by atoms with Gasteiger partial charge in [-0.1, -0.05) is 32.4 Å². The van der Waals surface area contributed by atoms with Crippen molar-refractivity contribution in [1.82, 2.24) is 0 Å². The Bertz CT molecular complexity index is 452. The van der Waals surface area contributed by atoms with Crippen LogP contribution in [0.4, 0.5) is 0 Å². The minimum Gasteiger partial charge on any atom is -0.393 e. The number of hydrogen-bond acceptors (Lipinski definition) is 3. The molecule has 5 atom stereocenters. The molecule has 0 aromatic carbocycles. The Kier molecular flexibility index (Phi) is 5.35. The first-order valence-electron chi connectivity index (χ1n) is 9.20. The van der Waals surface area contributed by atoms with E-state index in [1.807, 2.05) is 19.9 Å². The maximum absolute atomic E-state index is 11.1. The second-order valence-corrected chi connectivity index (χ2v) is 9.33. The van der Waals surface area contributed by atoms with Gasteiger partial charge in [0.15, 0.2) is 0 Å². The van der Waals surface area contributed by atoms with Crippen molar-refractivity contribution in [2.45, 2.75) is 84.8 Å². The summed E-state index contributed by atoms with van der Waals surface area (Å²) in [6, 6.07) is 0. The third-order valence-electron chi connectivity index (χ3n) is 6.93. The van der Waals surface area contributed by atoms with Crippen molar-refractivity contribution in [3.05, 3.63) is 11.6 Å². The Balaban J connectivity index is 2.29. The van der Waals surface area contributed by atoms with Crippen molar-refractivity contribution in [3.8, 4) is 0 Å². The first kappa shape index (κ1) is 19.0. The molecule has 2 fully saturated rings. The van der Waals surface area contributed by atoms with Gasteiger partial charge in [-0.15, -0.1) is 0 Å². The van der Waals surface area contributed by atoms with Gasteiger partial charge >= 0.3 is 0 Å². The Labute approximate surface area is 141 Å². The molecule has 3 N–H and O–H groups in total. The normalized spacial score (nSPS) is 44.0. The zero-order chi connectivity index (χ0) is 17.5. The summed E-state index contributed by atoms with van der Waals surface area (Å²) in [7, 11) is 0. The molecular formula is C20H36O3. The molecular weight excluding hydrogens is 288 g/mol. The molecule has 23 heavy (non-hydrogen) atoms. The lowest BCUT2D eigenvalue weighted by molar-refractivity contribution is -0.188. The van der Waals surface area contributed by atoms with E-state index >= 15 is 0 Å². The highest BCUT2D eigenvalue weighted by atomic mass is 16.3. The monoisotopic (exact) mass is 324 g/mol. The zero-order valence-electron chi connectivity index (χ0n) is 15.6. The van der Waals surface area contributed by atoms with Gasteiger partial charge in [0.2, 0.25) is 0 Å². The van der Waals surface area contributed by atoms with E-state index in [2.05, 4.69) is 20.8 Å². The highest BCUT2D eigenvalue weighted by Gasteiger charge is 2.59. The standard InChI is InChI=1S/C20H36O3/c1-14(9-11-21)6-7-17-19(4)13-15(22)12-18(2,3)16(19)8-10-20(17,5)23/h9,15-17,21-23H,6-8,10-13H2,1-5H3/b14-9+/t15-,16-,17+,19+,20+/m1/s1. The van der Waals surface area contributed by atoms with Crippen molar-refractivity contribution >= 4 is 0 Å². The highest BCUT2D eigenvalue weighted by Crippen LogP contribution is 2.62. The second kappa shape index (κ2) is 6.50. The van der Waals surface area contributed by atoms with Crippen LogP contribution in [0.15, 0.2) is 11.6 Å². The van der Waals surface area contributed by atoms with Gasteiger partial charge in [0.1, 0.15) is 0 Å². The van der Waals surface area contributed by atoms with Crippen molar-refractivity contribution in [2.75, 3.05) is 6.61 Å². The fourth-order valence-electron chi connectivity index (χ4n) is 6.06. The predicted molar refractivity (Wildman–Crippen MR) is 94.0 cm³/mol. The largest absolute Gasteiger partial charge is 0.393 e. The van der Waals surface area contributed by atoms with E-state index in [1.54, 1.807) is 0 Å². The average molecular weight is 325 g/mol. The quantitative estimate of drug-likeness (QED) is 0.692. The summed E-state index contributed by atoms with van der Waals surface area (Å²) in [5.74, 6) is 0.732. The molecule has 134 valence electrons. The van der Waals surface area contributed by atoms with E-state index < -0.39 is 5.60 Å². The maximum atomic E-state index is 11.1.